The van der Waals surface area contributed by atoms with Crippen molar-refractivity contribution in [3.8, 4) is 50.2 Å². The van der Waals surface area contributed by atoms with Crippen LogP contribution in [0.2, 0.25) is 0 Å². The van der Waals surface area contributed by atoms with Gasteiger partial charge in [0.25, 0.3) is 0 Å². The first-order chi connectivity index (χ1) is 34.0. The normalized spacial score (nSPS) is 11.7. The molecule has 13 aromatic rings. The minimum absolute atomic E-state index is 0.305. The number of hydrogen-bond acceptors (Lipinski definition) is 1. The Bertz CT molecular complexity index is 4060. The fraction of sp³-hybridized carbons (Fsp3) is 0.0303. The van der Waals surface area contributed by atoms with E-state index in [4.69, 9.17) is 0 Å². The topological polar surface area (TPSA) is 8.17 Å². The average Bonchev–Trinajstić information content (AvgIpc) is 3.77. The molecule has 3 heteroatoms. The number of benzene rings is 12. The Morgan fingerprint density at radius 2 is 0.928 bits per heavy atom. The summed E-state index contributed by atoms with van der Waals surface area (Å²) in [5.41, 5.74) is 16.2. The number of anilines is 3. The fourth-order valence-electron chi connectivity index (χ4n) is 11.2. The lowest BCUT2D eigenvalue weighted by atomic mass is 9.85. The van der Waals surface area contributed by atoms with Gasteiger partial charge in [-0.1, -0.05) is 188 Å². The molecule has 69 heavy (non-hydrogen) atoms. The van der Waals surface area contributed by atoms with Crippen LogP contribution in [0.5, 0.6) is 0 Å². The monoisotopic (exact) mass is 884 g/mol. The van der Waals surface area contributed by atoms with Crippen molar-refractivity contribution in [1.29, 1.82) is 0 Å². The van der Waals surface area contributed by atoms with Crippen molar-refractivity contribution in [3.05, 3.63) is 254 Å². The standard InChI is InChI=1S/C66H45FN2/c1-42-39-57(54-37-36-52-43(2)65-64(56-38-35-51(42)62(54)63(52)56)55-28-16-18-30-61(55)68(65)49-25-13-6-14-26-49)47-31-33-50(34-32-47)69(60-29-17-15-27-53(60)45-21-9-4-10-22-45)66-58(46-23-11-5-12-24-46)40-48(41-59(66)67)44-19-7-3-8-20-44/h3-41H,1-2H3. The predicted molar refractivity (Wildman–Crippen MR) is 290 cm³/mol. The van der Waals surface area contributed by atoms with Crippen molar-refractivity contribution < 1.29 is 4.39 Å². The molecule has 326 valence electrons. The maximum absolute atomic E-state index is 17.7. The summed E-state index contributed by atoms with van der Waals surface area (Å²) in [4.78, 5) is 2.12. The Hall–Kier alpha value is -8.79. The first-order valence-electron chi connectivity index (χ1n) is 23.7. The summed E-state index contributed by atoms with van der Waals surface area (Å²) < 4.78 is 20.1. The predicted octanol–water partition coefficient (Wildman–Crippen LogP) is 18.6. The lowest BCUT2D eigenvalue weighted by molar-refractivity contribution is 0.630. The number of para-hydroxylation sites is 3. The van der Waals surface area contributed by atoms with Crippen LogP contribution in [0.1, 0.15) is 11.1 Å². The minimum Gasteiger partial charge on any atom is -0.309 e. The van der Waals surface area contributed by atoms with Gasteiger partial charge in [-0.05, 0) is 139 Å². The van der Waals surface area contributed by atoms with E-state index in [0.717, 1.165) is 56.0 Å². The molecule has 12 aromatic carbocycles. The van der Waals surface area contributed by atoms with Crippen LogP contribution in [0.15, 0.2) is 237 Å². The zero-order chi connectivity index (χ0) is 46.2. The van der Waals surface area contributed by atoms with Gasteiger partial charge >= 0.3 is 0 Å². The Labute approximate surface area is 400 Å². The molecule has 0 radical (unpaired) electrons. The summed E-state index contributed by atoms with van der Waals surface area (Å²) >= 11 is 0. The molecular weight excluding hydrogens is 840 g/mol. The molecule has 13 rings (SSSR count). The molecule has 0 spiro atoms. The van der Waals surface area contributed by atoms with Crippen LogP contribution in [0.4, 0.5) is 21.5 Å². The number of halogens is 1. The van der Waals surface area contributed by atoms with Crippen molar-refractivity contribution in [2.75, 3.05) is 4.90 Å². The fourth-order valence-corrected chi connectivity index (χ4v) is 11.2. The highest BCUT2D eigenvalue weighted by Gasteiger charge is 2.26. The van der Waals surface area contributed by atoms with E-state index < -0.39 is 0 Å². The summed E-state index contributed by atoms with van der Waals surface area (Å²) in [5, 5.41) is 10.2. The Morgan fingerprint density at radius 1 is 0.377 bits per heavy atom. The molecule has 0 saturated carbocycles. The molecule has 1 heterocycles. The van der Waals surface area contributed by atoms with Crippen LogP contribution in [0.25, 0.3) is 104 Å². The van der Waals surface area contributed by atoms with Crippen LogP contribution in [0, 0.1) is 19.7 Å². The molecule has 0 saturated heterocycles. The molecule has 0 aliphatic rings. The van der Waals surface area contributed by atoms with Gasteiger partial charge in [0.05, 0.1) is 22.4 Å². The van der Waals surface area contributed by atoms with Gasteiger partial charge in [-0.15, -0.1) is 0 Å². The highest BCUT2D eigenvalue weighted by molar-refractivity contribution is 6.35. The molecule has 0 unspecified atom stereocenters. The van der Waals surface area contributed by atoms with Gasteiger partial charge in [0.2, 0.25) is 0 Å². The van der Waals surface area contributed by atoms with Gasteiger partial charge in [-0.25, -0.2) is 4.39 Å². The van der Waals surface area contributed by atoms with E-state index in [1.165, 1.54) is 70.8 Å². The molecule has 2 nitrogen and oxygen atoms in total. The van der Waals surface area contributed by atoms with E-state index in [1.807, 2.05) is 60.7 Å². The summed E-state index contributed by atoms with van der Waals surface area (Å²) in [5.74, 6) is -0.305. The number of nitrogens with zero attached hydrogens (tertiary/aromatic N) is 2. The summed E-state index contributed by atoms with van der Waals surface area (Å²) in [6, 6.07) is 82.9. The van der Waals surface area contributed by atoms with Crippen molar-refractivity contribution in [3.63, 3.8) is 0 Å². The number of aromatic nitrogens is 1. The van der Waals surface area contributed by atoms with E-state index >= 15 is 4.39 Å². The quantitative estimate of drug-likeness (QED) is 0.138. The molecule has 0 bridgehead atoms. The van der Waals surface area contributed by atoms with Gasteiger partial charge in [0.15, 0.2) is 0 Å². The van der Waals surface area contributed by atoms with Gasteiger partial charge < -0.3 is 9.47 Å². The van der Waals surface area contributed by atoms with Crippen LogP contribution in [-0.4, -0.2) is 4.57 Å². The Kier molecular flexibility index (Phi) is 9.52. The second-order valence-electron chi connectivity index (χ2n) is 18.2. The zero-order valence-electron chi connectivity index (χ0n) is 38.3. The Balaban J connectivity index is 1.03. The maximum atomic E-state index is 17.7. The minimum atomic E-state index is -0.305. The third kappa shape index (κ3) is 6.46. The van der Waals surface area contributed by atoms with Crippen LogP contribution >= 0.6 is 0 Å². The van der Waals surface area contributed by atoms with Crippen LogP contribution in [0.3, 0.4) is 0 Å². The largest absolute Gasteiger partial charge is 0.309 e. The first-order valence-corrected chi connectivity index (χ1v) is 23.7. The summed E-state index contributed by atoms with van der Waals surface area (Å²) in [6.07, 6.45) is 0. The number of aryl methyl sites for hydroxylation is 2. The Morgan fingerprint density at radius 3 is 1.65 bits per heavy atom. The van der Waals surface area contributed by atoms with Gasteiger partial charge in [-0.2, -0.15) is 0 Å². The molecule has 0 N–H and O–H groups in total. The maximum Gasteiger partial charge on any atom is 0.148 e. The van der Waals surface area contributed by atoms with E-state index in [9.17, 15) is 0 Å². The molecule has 0 fully saturated rings. The van der Waals surface area contributed by atoms with Crippen LogP contribution < -0.4 is 4.90 Å². The SMILES string of the molecule is Cc1cc(-c2ccc(N(c3ccccc3-c3ccccc3)c3c(F)cc(-c4ccccc4)cc3-c3ccccc3)cc2)c2ccc3c(C)c4c(c5ccc1c2c35)c1ccccc1n4-c1ccccc1. The second kappa shape index (κ2) is 16.2. The lowest BCUT2D eigenvalue weighted by Gasteiger charge is -2.31. The van der Waals surface area contributed by atoms with E-state index in [0.29, 0.717) is 5.69 Å². The van der Waals surface area contributed by atoms with Gasteiger partial charge in [-0.3, -0.25) is 0 Å². The molecular formula is C66H45FN2. The van der Waals surface area contributed by atoms with Crippen molar-refractivity contribution >= 4 is 71.2 Å². The molecule has 1 aromatic heterocycles. The third-order valence-electron chi connectivity index (χ3n) is 14.3. The van der Waals surface area contributed by atoms with Crippen molar-refractivity contribution in [2.24, 2.45) is 0 Å². The van der Waals surface area contributed by atoms with Gasteiger partial charge in [0, 0.05) is 33.3 Å². The lowest BCUT2D eigenvalue weighted by Crippen LogP contribution is -2.14. The first kappa shape index (κ1) is 40.5. The molecule has 0 aliphatic carbocycles. The number of fused-ring (bicyclic) bond motifs is 4. The summed E-state index contributed by atoms with van der Waals surface area (Å²) in [6.45, 7) is 4.53. The molecule has 0 aliphatic heterocycles. The molecule has 0 atom stereocenters. The highest BCUT2D eigenvalue weighted by Crippen LogP contribution is 2.50. The second-order valence-corrected chi connectivity index (χ2v) is 18.2. The molecule has 0 amide bonds. The number of rotatable bonds is 8. The van der Waals surface area contributed by atoms with Crippen molar-refractivity contribution in [2.45, 2.75) is 13.8 Å². The van der Waals surface area contributed by atoms with Gasteiger partial charge in [0.1, 0.15) is 5.82 Å². The average molecular weight is 885 g/mol. The summed E-state index contributed by atoms with van der Waals surface area (Å²) in [7, 11) is 0. The number of hydrogen-bond donors (Lipinski definition) is 0. The zero-order valence-corrected chi connectivity index (χ0v) is 38.3. The highest BCUT2D eigenvalue weighted by atomic mass is 19.1. The van der Waals surface area contributed by atoms with E-state index in [1.54, 1.807) is 6.07 Å². The smallest absolute Gasteiger partial charge is 0.148 e. The van der Waals surface area contributed by atoms with E-state index in [2.05, 4.69) is 193 Å². The van der Waals surface area contributed by atoms with Crippen molar-refractivity contribution in [1.82, 2.24) is 4.57 Å². The van der Waals surface area contributed by atoms with Crippen LogP contribution in [-0.2, 0) is 0 Å². The third-order valence-corrected chi connectivity index (χ3v) is 14.3. The van der Waals surface area contributed by atoms with E-state index in [-0.39, 0.29) is 5.82 Å².